The van der Waals surface area contributed by atoms with E-state index in [2.05, 4.69) is 5.32 Å². The maximum atomic E-state index is 13.7. The molecule has 0 saturated heterocycles. The molecule has 0 bridgehead atoms. The van der Waals surface area contributed by atoms with Gasteiger partial charge in [0, 0.05) is 12.2 Å². The molecule has 0 aliphatic carbocycles. The molecular weight excluding hydrogens is 452 g/mol. The highest BCUT2D eigenvalue weighted by atomic mass is 16.5. The van der Waals surface area contributed by atoms with E-state index >= 15 is 0 Å². The van der Waals surface area contributed by atoms with Crippen LogP contribution < -0.4 is 15.6 Å². The molecule has 0 spiro atoms. The highest BCUT2D eigenvalue weighted by molar-refractivity contribution is 5.91. The van der Waals surface area contributed by atoms with Gasteiger partial charge in [-0.1, -0.05) is 30.3 Å². The Balaban J connectivity index is 1.80. The zero-order chi connectivity index (χ0) is 25.8. The number of fused-ring (bicyclic) bond motifs is 1. The Morgan fingerprint density at radius 1 is 1.00 bits per heavy atom. The van der Waals surface area contributed by atoms with Gasteiger partial charge >= 0.3 is 6.03 Å². The highest BCUT2D eigenvalue weighted by Crippen LogP contribution is 2.26. The molecule has 7 heteroatoms. The van der Waals surface area contributed by atoms with Crippen LogP contribution in [0.1, 0.15) is 43.8 Å². The Morgan fingerprint density at radius 3 is 2.31 bits per heavy atom. The largest absolute Gasteiger partial charge is 0.494 e. The standard InChI is InChI=1S/C29H32N4O3/c1-6-32(29(35)31-26-19(3)11-10-12-20(26)4)21(5)27-30-25-14-9-8-13-24(25)28(34)33(27)22-15-17-23(18-16-22)36-7-2/h8-18,21H,6-7H2,1-5H3,(H,31,35). The molecule has 1 unspecified atom stereocenters. The first kappa shape index (κ1) is 25.0. The molecule has 0 radical (unpaired) electrons. The molecule has 4 aromatic rings. The summed E-state index contributed by atoms with van der Waals surface area (Å²) in [6.45, 7) is 10.7. The Kier molecular flexibility index (Phi) is 7.38. The van der Waals surface area contributed by atoms with Crippen LogP contribution in [0.5, 0.6) is 5.75 Å². The molecule has 4 rings (SSSR count). The molecule has 0 aliphatic rings. The number of nitrogens with one attached hydrogen (secondary N) is 1. The molecule has 1 atom stereocenters. The molecule has 3 aromatic carbocycles. The van der Waals surface area contributed by atoms with E-state index < -0.39 is 6.04 Å². The number of benzene rings is 3. The summed E-state index contributed by atoms with van der Waals surface area (Å²) in [5.74, 6) is 1.21. The summed E-state index contributed by atoms with van der Waals surface area (Å²) >= 11 is 0. The molecule has 2 amide bonds. The van der Waals surface area contributed by atoms with Crippen molar-refractivity contribution in [2.45, 2.75) is 40.7 Å². The summed E-state index contributed by atoms with van der Waals surface area (Å²) in [5.41, 5.74) is 3.85. The minimum absolute atomic E-state index is 0.183. The number of hydrogen-bond donors (Lipinski definition) is 1. The lowest BCUT2D eigenvalue weighted by molar-refractivity contribution is 0.193. The maximum Gasteiger partial charge on any atom is 0.322 e. The van der Waals surface area contributed by atoms with E-state index in [1.54, 1.807) is 15.5 Å². The third-order valence-corrected chi connectivity index (χ3v) is 6.36. The van der Waals surface area contributed by atoms with Crippen LogP contribution in [-0.2, 0) is 0 Å². The van der Waals surface area contributed by atoms with Crippen LogP contribution in [0.3, 0.4) is 0 Å². The lowest BCUT2D eigenvalue weighted by atomic mass is 10.1. The molecule has 7 nitrogen and oxygen atoms in total. The Hall–Kier alpha value is -4.13. The van der Waals surface area contributed by atoms with Gasteiger partial charge in [-0.3, -0.25) is 9.36 Å². The third kappa shape index (κ3) is 4.82. The first-order valence-corrected chi connectivity index (χ1v) is 12.2. The first-order chi connectivity index (χ1) is 17.3. The first-order valence-electron chi connectivity index (χ1n) is 12.2. The van der Waals surface area contributed by atoms with Crippen molar-refractivity contribution >= 4 is 22.6 Å². The second kappa shape index (κ2) is 10.6. The van der Waals surface area contributed by atoms with Gasteiger partial charge in [0.1, 0.15) is 11.6 Å². The van der Waals surface area contributed by atoms with E-state index in [1.807, 2.05) is 95.3 Å². The van der Waals surface area contributed by atoms with E-state index in [4.69, 9.17) is 9.72 Å². The SMILES string of the molecule is CCOc1ccc(-n2c(C(C)N(CC)C(=O)Nc3c(C)cccc3C)nc3ccccc3c2=O)cc1. The second-order valence-electron chi connectivity index (χ2n) is 8.71. The Morgan fingerprint density at radius 2 is 1.67 bits per heavy atom. The number of para-hydroxylation sites is 2. The van der Waals surface area contributed by atoms with Gasteiger partial charge in [-0.05, 0) is 82.1 Å². The number of aromatic nitrogens is 2. The van der Waals surface area contributed by atoms with E-state index in [1.165, 1.54) is 0 Å². The van der Waals surface area contributed by atoms with Crippen molar-refractivity contribution in [1.29, 1.82) is 0 Å². The molecule has 0 aliphatic heterocycles. The van der Waals surface area contributed by atoms with Crippen molar-refractivity contribution in [3.8, 4) is 11.4 Å². The van der Waals surface area contributed by atoms with Gasteiger partial charge in [-0.15, -0.1) is 0 Å². The number of rotatable bonds is 7. The number of aryl methyl sites for hydroxylation is 2. The second-order valence-corrected chi connectivity index (χ2v) is 8.71. The summed E-state index contributed by atoms with van der Waals surface area (Å²) in [7, 11) is 0. The van der Waals surface area contributed by atoms with E-state index in [0.29, 0.717) is 35.6 Å². The van der Waals surface area contributed by atoms with E-state index in [0.717, 1.165) is 22.6 Å². The van der Waals surface area contributed by atoms with E-state index in [9.17, 15) is 9.59 Å². The fraction of sp³-hybridized carbons (Fsp3) is 0.276. The summed E-state index contributed by atoms with van der Waals surface area (Å²) < 4.78 is 7.17. The summed E-state index contributed by atoms with van der Waals surface area (Å²) in [5, 5.41) is 3.59. The number of hydrogen-bond acceptors (Lipinski definition) is 4. The van der Waals surface area contributed by atoms with Gasteiger partial charge in [0.15, 0.2) is 0 Å². The van der Waals surface area contributed by atoms with Crippen LogP contribution in [0, 0.1) is 13.8 Å². The van der Waals surface area contributed by atoms with Crippen molar-refractivity contribution < 1.29 is 9.53 Å². The minimum atomic E-state index is -0.483. The molecular formula is C29H32N4O3. The lowest BCUT2D eigenvalue weighted by Crippen LogP contribution is -2.40. The monoisotopic (exact) mass is 484 g/mol. The normalized spacial score (nSPS) is 11.8. The number of anilines is 1. The van der Waals surface area contributed by atoms with Gasteiger partial charge in [0.25, 0.3) is 5.56 Å². The highest BCUT2D eigenvalue weighted by Gasteiger charge is 2.26. The van der Waals surface area contributed by atoms with Gasteiger partial charge in [-0.2, -0.15) is 0 Å². The number of ether oxygens (including phenoxy) is 1. The fourth-order valence-corrected chi connectivity index (χ4v) is 4.46. The molecule has 1 aromatic heterocycles. The molecule has 0 saturated carbocycles. The Labute approximate surface area is 211 Å². The van der Waals surface area contributed by atoms with Crippen molar-refractivity contribution in [3.63, 3.8) is 0 Å². The summed E-state index contributed by atoms with van der Waals surface area (Å²) in [6, 6.07) is 19.8. The van der Waals surface area contributed by atoms with E-state index in [-0.39, 0.29) is 11.6 Å². The average molecular weight is 485 g/mol. The van der Waals surface area contributed by atoms with Crippen molar-refractivity contribution in [2.75, 3.05) is 18.5 Å². The Bertz CT molecular complexity index is 1420. The van der Waals surface area contributed by atoms with Crippen LogP contribution in [0.15, 0.2) is 71.5 Å². The van der Waals surface area contributed by atoms with Crippen LogP contribution in [0.25, 0.3) is 16.6 Å². The number of urea groups is 1. The predicted molar refractivity (Wildman–Crippen MR) is 144 cm³/mol. The molecule has 186 valence electrons. The maximum absolute atomic E-state index is 13.7. The number of carbonyl (C=O) groups is 1. The number of carbonyl (C=O) groups excluding carboxylic acids is 1. The van der Waals surface area contributed by atoms with Gasteiger partial charge in [-0.25, -0.2) is 9.78 Å². The topological polar surface area (TPSA) is 76.5 Å². The molecule has 1 N–H and O–H groups in total. The van der Waals surface area contributed by atoms with Crippen LogP contribution in [0.2, 0.25) is 0 Å². The van der Waals surface area contributed by atoms with Gasteiger partial charge in [0.2, 0.25) is 0 Å². The van der Waals surface area contributed by atoms with Crippen molar-refractivity contribution in [1.82, 2.24) is 14.5 Å². The quantitative estimate of drug-likeness (QED) is 0.348. The van der Waals surface area contributed by atoms with Gasteiger partial charge in [0.05, 0.1) is 29.2 Å². The van der Waals surface area contributed by atoms with Crippen LogP contribution in [-0.4, -0.2) is 33.6 Å². The van der Waals surface area contributed by atoms with Crippen LogP contribution in [0.4, 0.5) is 10.5 Å². The zero-order valence-electron chi connectivity index (χ0n) is 21.4. The lowest BCUT2D eigenvalue weighted by Gasteiger charge is -2.30. The number of amides is 2. The molecule has 36 heavy (non-hydrogen) atoms. The predicted octanol–water partition coefficient (Wildman–Crippen LogP) is 6.02. The van der Waals surface area contributed by atoms with Crippen molar-refractivity contribution in [2.24, 2.45) is 0 Å². The third-order valence-electron chi connectivity index (χ3n) is 6.36. The molecule has 0 fully saturated rings. The van der Waals surface area contributed by atoms with Gasteiger partial charge < -0.3 is 15.0 Å². The molecule has 1 heterocycles. The number of nitrogens with zero attached hydrogens (tertiary/aromatic N) is 3. The zero-order valence-corrected chi connectivity index (χ0v) is 21.4. The average Bonchev–Trinajstić information content (AvgIpc) is 2.87. The smallest absolute Gasteiger partial charge is 0.322 e. The fourth-order valence-electron chi connectivity index (χ4n) is 4.46. The summed E-state index contributed by atoms with van der Waals surface area (Å²) in [6.07, 6.45) is 0. The summed E-state index contributed by atoms with van der Waals surface area (Å²) in [4.78, 5) is 33.7. The van der Waals surface area contributed by atoms with Crippen LogP contribution >= 0.6 is 0 Å². The van der Waals surface area contributed by atoms with Crippen molar-refractivity contribution in [3.05, 3.63) is 94.0 Å². The minimum Gasteiger partial charge on any atom is -0.494 e.